The molecule has 0 spiro atoms. The van der Waals surface area contributed by atoms with Crippen LogP contribution in [0.1, 0.15) is 43.5 Å². The van der Waals surface area contributed by atoms with Crippen molar-refractivity contribution in [3.05, 3.63) is 19.9 Å². The van der Waals surface area contributed by atoms with Crippen LogP contribution in [0.15, 0.2) is 11.4 Å². The van der Waals surface area contributed by atoms with Gasteiger partial charge in [0.15, 0.2) is 0 Å². The second-order valence-electron chi connectivity index (χ2n) is 3.51. The van der Waals surface area contributed by atoms with Gasteiger partial charge in [0.05, 0.1) is 8.45 Å². The number of nitrogens with one attached hydrogen (secondary N) is 1. The lowest BCUT2D eigenvalue weighted by molar-refractivity contribution is 0.0934. The van der Waals surface area contributed by atoms with Crippen LogP contribution in [0.2, 0.25) is 0 Å². The van der Waals surface area contributed by atoms with E-state index in [1.807, 2.05) is 11.4 Å². The van der Waals surface area contributed by atoms with E-state index in [0.717, 1.165) is 27.7 Å². The van der Waals surface area contributed by atoms with Gasteiger partial charge in [0.25, 0.3) is 5.91 Å². The van der Waals surface area contributed by atoms with E-state index in [-0.39, 0.29) is 5.91 Å². The smallest absolute Gasteiger partial charge is 0.252 e. The third kappa shape index (κ3) is 4.10. The molecule has 0 fully saturated rings. The van der Waals surface area contributed by atoms with E-state index in [2.05, 4.69) is 41.8 Å². The first-order valence-corrected chi connectivity index (χ1v) is 7.18. The zero-order valence-electron chi connectivity index (χ0n) is 9.05. The van der Waals surface area contributed by atoms with Gasteiger partial charge in [0.2, 0.25) is 0 Å². The van der Waals surface area contributed by atoms with Crippen molar-refractivity contribution < 1.29 is 4.79 Å². The molecule has 1 unspecified atom stereocenters. The fourth-order valence-corrected chi connectivity index (χ4v) is 2.75. The Morgan fingerprint density at radius 3 is 2.80 bits per heavy atom. The largest absolute Gasteiger partial charge is 0.349 e. The van der Waals surface area contributed by atoms with E-state index in [9.17, 15) is 4.79 Å². The quantitative estimate of drug-likeness (QED) is 0.817. The fourth-order valence-electron chi connectivity index (χ4n) is 1.42. The molecule has 1 aromatic rings. The van der Waals surface area contributed by atoms with E-state index >= 15 is 0 Å². The number of thiophene rings is 1. The summed E-state index contributed by atoms with van der Waals surface area (Å²) in [6.07, 6.45) is 3.17. The van der Waals surface area contributed by atoms with E-state index in [1.165, 1.54) is 0 Å². The molecule has 4 heteroatoms. The average Bonchev–Trinajstić information content (AvgIpc) is 2.64. The normalized spacial score (nSPS) is 12.5. The zero-order valence-corrected chi connectivity index (χ0v) is 12.0. The molecule has 0 saturated carbocycles. The SMILES string of the molecule is CCCC(CC)NC(=O)c1csc(I)c1. The molecular weight excluding hydrogens is 321 g/mol. The van der Waals surface area contributed by atoms with Crippen molar-refractivity contribution in [1.82, 2.24) is 5.32 Å². The highest BCUT2D eigenvalue weighted by Crippen LogP contribution is 2.16. The Bertz CT molecular complexity index is 324. The first-order chi connectivity index (χ1) is 7.17. The minimum absolute atomic E-state index is 0.0643. The molecule has 0 radical (unpaired) electrons. The molecule has 1 aromatic heterocycles. The van der Waals surface area contributed by atoms with Crippen LogP contribution in [0.5, 0.6) is 0 Å². The van der Waals surface area contributed by atoms with Crippen LogP contribution in [-0.2, 0) is 0 Å². The Kier molecular flexibility index (Phi) is 5.60. The highest BCUT2D eigenvalue weighted by molar-refractivity contribution is 14.1. The highest BCUT2D eigenvalue weighted by atomic mass is 127. The molecule has 1 heterocycles. The summed E-state index contributed by atoms with van der Waals surface area (Å²) in [5.41, 5.74) is 0.791. The van der Waals surface area contributed by atoms with Crippen LogP contribution in [0.25, 0.3) is 0 Å². The van der Waals surface area contributed by atoms with Gasteiger partial charge < -0.3 is 5.32 Å². The maximum atomic E-state index is 11.8. The lowest BCUT2D eigenvalue weighted by Crippen LogP contribution is -2.33. The summed E-state index contributed by atoms with van der Waals surface area (Å²) in [4.78, 5) is 11.8. The third-order valence-corrected chi connectivity index (χ3v) is 4.08. The molecule has 84 valence electrons. The zero-order chi connectivity index (χ0) is 11.3. The molecule has 1 rings (SSSR count). The first kappa shape index (κ1) is 13.0. The lowest BCUT2D eigenvalue weighted by Gasteiger charge is -2.15. The number of rotatable bonds is 5. The second-order valence-corrected chi connectivity index (χ2v) is 6.31. The van der Waals surface area contributed by atoms with Crippen LogP contribution in [0.3, 0.4) is 0 Å². The number of hydrogen-bond acceptors (Lipinski definition) is 2. The summed E-state index contributed by atoms with van der Waals surface area (Å²) in [6.45, 7) is 4.25. The Morgan fingerprint density at radius 1 is 1.60 bits per heavy atom. The van der Waals surface area contributed by atoms with Gasteiger partial charge >= 0.3 is 0 Å². The molecule has 15 heavy (non-hydrogen) atoms. The van der Waals surface area contributed by atoms with Gasteiger partial charge in [0.1, 0.15) is 0 Å². The van der Waals surface area contributed by atoms with E-state index in [4.69, 9.17) is 0 Å². The topological polar surface area (TPSA) is 29.1 Å². The minimum atomic E-state index is 0.0643. The molecule has 0 aliphatic carbocycles. The monoisotopic (exact) mass is 337 g/mol. The molecule has 0 bridgehead atoms. The Labute approximate surface area is 109 Å². The molecule has 1 N–H and O–H groups in total. The summed E-state index contributed by atoms with van der Waals surface area (Å²) < 4.78 is 1.15. The van der Waals surface area contributed by atoms with Crippen molar-refractivity contribution >= 4 is 39.8 Å². The summed E-state index contributed by atoms with van der Waals surface area (Å²) in [5.74, 6) is 0.0643. The number of carbonyl (C=O) groups is 1. The predicted octanol–water partition coefficient (Wildman–Crippen LogP) is 3.66. The van der Waals surface area contributed by atoms with Crippen molar-refractivity contribution in [1.29, 1.82) is 0 Å². The van der Waals surface area contributed by atoms with Gasteiger partial charge in [-0.2, -0.15) is 0 Å². The van der Waals surface area contributed by atoms with Crippen molar-refractivity contribution in [2.75, 3.05) is 0 Å². The minimum Gasteiger partial charge on any atom is -0.349 e. The third-order valence-electron chi connectivity index (χ3n) is 2.29. The summed E-state index contributed by atoms with van der Waals surface area (Å²) in [6, 6.07) is 2.25. The Morgan fingerprint density at radius 2 is 2.33 bits per heavy atom. The first-order valence-electron chi connectivity index (χ1n) is 5.22. The van der Waals surface area contributed by atoms with Gasteiger partial charge in [-0.3, -0.25) is 4.79 Å². The van der Waals surface area contributed by atoms with Crippen LogP contribution in [0, 0.1) is 2.88 Å². The lowest BCUT2D eigenvalue weighted by atomic mass is 10.1. The molecule has 1 amide bonds. The fraction of sp³-hybridized carbons (Fsp3) is 0.545. The maximum absolute atomic E-state index is 11.8. The molecule has 2 nitrogen and oxygen atoms in total. The summed E-state index contributed by atoms with van der Waals surface area (Å²) in [7, 11) is 0. The van der Waals surface area contributed by atoms with Crippen molar-refractivity contribution in [3.63, 3.8) is 0 Å². The van der Waals surface area contributed by atoms with Gasteiger partial charge in [-0.25, -0.2) is 0 Å². The van der Waals surface area contributed by atoms with Crippen molar-refractivity contribution in [2.45, 2.75) is 39.2 Å². The highest BCUT2D eigenvalue weighted by Gasteiger charge is 2.12. The molecular formula is C11H16INOS. The molecule has 0 aliphatic heterocycles. The van der Waals surface area contributed by atoms with Crippen LogP contribution in [0.4, 0.5) is 0 Å². The summed E-state index contributed by atoms with van der Waals surface area (Å²) >= 11 is 3.84. The number of amides is 1. The Balaban J connectivity index is 2.54. The van der Waals surface area contributed by atoms with Gasteiger partial charge in [0, 0.05) is 11.4 Å². The second kappa shape index (κ2) is 6.48. The Hall–Kier alpha value is -0.100. The van der Waals surface area contributed by atoms with Crippen LogP contribution < -0.4 is 5.32 Å². The molecule has 1 atom stereocenters. The average molecular weight is 337 g/mol. The van der Waals surface area contributed by atoms with Gasteiger partial charge in [-0.15, -0.1) is 11.3 Å². The van der Waals surface area contributed by atoms with E-state index in [0.29, 0.717) is 6.04 Å². The number of carbonyl (C=O) groups excluding carboxylic acids is 1. The molecule has 0 aromatic carbocycles. The van der Waals surface area contributed by atoms with Gasteiger partial charge in [-0.1, -0.05) is 20.3 Å². The van der Waals surface area contributed by atoms with Gasteiger partial charge in [-0.05, 0) is 41.5 Å². The molecule has 0 saturated heterocycles. The standard InChI is InChI=1S/C11H16INOS/c1-3-5-9(4-2)13-11(14)8-6-10(12)15-7-8/h6-7,9H,3-5H2,1-2H3,(H,13,14). The van der Waals surface area contributed by atoms with E-state index < -0.39 is 0 Å². The number of hydrogen-bond donors (Lipinski definition) is 1. The predicted molar refractivity (Wildman–Crippen MR) is 73.5 cm³/mol. The summed E-state index contributed by atoms with van der Waals surface area (Å²) in [5, 5.41) is 4.97. The van der Waals surface area contributed by atoms with Crippen molar-refractivity contribution in [2.24, 2.45) is 0 Å². The number of halogens is 1. The van der Waals surface area contributed by atoms with Crippen LogP contribution >= 0.6 is 33.9 Å². The van der Waals surface area contributed by atoms with E-state index in [1.54, 1.807) is 11.3 Å². The van der Waals surface area contributed by atoms with Crippen molar-refractivity contribution in [3.8, 4) is 0 Å². The molecule has 0 aliphatic rings. The van der Waals surface area contributed by atoms with Crippen LogP contribution in [-0.4, -0.2) is 11.9 Å². The maximum Gasteiger partial charge on any atom is 0.252 e.